The highest BCUT2D eigenvalue weighted by Gasteiger charge is 2.18. The molecule has 1 aliphatic heterocycles. The first kappa shape index (κ1) is 24.5. The fraction of sp³-hybridized carbons (Fsp3) is 0.333. The van der Waals surface area contributed by atoms with Gasteiger partial charge in [-0.2, -0.15) is 4.98 Å². The summed E-state index contributed by atoms with van der Waals surface area (Å²) in [5.74, 6) is 1.48. The van der Waals surface area contributed by atoms with Gasteiger partial charge in [-0.15, -0.1) is 0 Å². The Hall–Kier alpha value is -2.64. The molecule has 8 nitrogen and oxygen atoms in total. The summed E-state index contributed by atoms with van der Waals surface area (Å²) >= 11 is 6.37. The number of para-hydroxylation sites is 1. The van der Waals surface area contributed by atoms with Crippen molar-refractivity contribution in [1.82, 2.24) is 14.9 Å². The number of nitrogens with zero attached hydrogens (tertiary/aromatic N) is 3. The predicted octanol–water partition coefficient (Wildman–Crippen LogP) is 4.71. The van der Waals surface area contributed by atoms with Crippen LogP contribution in [-0.2, 0) is 15.8 Å². The number of aromatic nitrogens is 2. The molecule has 0 unspecified atom stereocenters. The average molecular weight is 502 g/mol. The second-order valence-electron chi connectivity index (χ2n) is 8.43. The Morgan fingerprint density at radius 2 is 1.88 bits per heavy atom. The molecule has 4 rings (SSSR count). The third-order valence-corrected chi connectivity index (χ3v) is 7.33. The van der Waals surface area contributed by atoms with Crippen LogP contribution in [0, 0.1) is 0 Å². The highest BCUT2D eigenvalue weighted by molar-refractivity contribution is 7.70. The van der Waals surface area contributed by atoms with Crippen LogP contribution in [0.3, 0.4) is 0 Å². The van der Waals surface area contributed by atoms with Crippen molar-refractivity contribution in [3.8, 4) is 5.75 Å². The summed E-state index contributed by atoms with van der Waals surface area (Å²) in [5, 5.41) is 7.52. The molecule has 2 heterocycles. The van der Waals surface area contributed by atoms with E-state index in [-0.39, 0.29) is 0 Å². The second-order valence-corrected chi connectivity index (χ2v) is 12.0. The Morgan fingerprint density at radius 1 is 1.12 bits per heavy atom. The maximum absolute atomic E-state index is 12.7. The van der Waals surface area contributed by atoms with Gasteiger partial charge in [-0.1, -0.05) is 29.8 Å². The Bertz CT molecular complexity index is 1200. The van der Waals surface area contributed by atoms with Crippen molar-refractivity contribution in [2.24, 2.45) is 0 Å². The van der Waals surface area contributed by atoms with Gasteiger partial charge in [0.2, 0.25) is 5.95 Å². The molecule has 1 saturated heterocycles. The van der Waals surface area contributed by atoms with E-state index in [1.165, 1.54) is 6.20 Å². The van der Waals surface area contributed by atoms with E-state index in [9.17, 15) is 4.57 Å². The quantitative estimate of drug-likeness (QED) is 0.429. The van der Waals surface area contributed by atoms with E-state index in [2.05, 4.69) is 31.6 Å². The average Bonchev–Trinajstić information content (AvgIpc) is 2.82. The van der Waals surface area contributed by atoms with Gasteiger partial charge < -0.3 is 24.7 Å². The Balaban J connectivity index is 1.54. The van der Waals surface area contributed by atoms with Crippen molar-refractivity contribution < 1.29 is 14.0 Å². The lowest BCUT2D eigenvalue weighted by Gasteiger charge is -2.26. The van der Waals surface area contributed by atoms with Crippen LogP contribution in [0.5, 0.6) is 5.75 Å². The monoisotopic (exact) mass is 501 g/mol. The third-order valence-electron chi connectivity index (χ3n) is 5.50. The van der Waals surface area contributed by atoms with Crippen molar-refractivity contribution in [2.45, 2.75) is 6.54 Å². The Labute approximate surface area is 205 Å². The molecule has 1 aliphatic rings. The number of nitrogens with one attached hydrogen (secondary N) is 2. The van der Waals surface area contributed by atoms with Crippen LogP contribution in [0.2, 0.25) is 5.02 Å². The molecule has 1 fully saturated rings. The number of methoxy groups -OCH3 is 1. The zero-order valence-corrected chi connectivity index (χ0v) is 21.2. The molecule has 1 aromatic heterocycles. The fourth-order valence-electron chi connectivity index (χ4n) is 3.77. The van der Waals surface area contributed by atoms with Crippen LogP contribution in [0.1, 0.15) is 5.56 Å². The zero-order valence-electron chi connectivity index (χ0n) is 19.5. The third kappa shape index (κ3) is 6.07. The maximum Gasteiger partial charge on any atom is 0.229 e. The van der Waals surface area contributed by atoms with Gasteiger partial charge in [-0.3, -0.25) is 4.90 Å². The minimum Gasteiger partial charge on any atom is -0.495 e. The fourth-order valence-corrected chi connectivity index (χ4v) is 5.06. The van der Waals surface area contributed by atoms with Crippen LogP contribution < -0.4 is 20.7 Å². The van der Waals surface area contributed by atoms with Gasteiger partial charge in [0.15, 0.2) is 5.82 Å². The molecule has 0 spiro atoms. The molecule has 180 valence electrons. The van der Waals surface area contributed by atoms with Crippen molar-refractivity contribution in [3.63, 3.8) is 0 Å². The van der Waals surface area contributed by atoms with E-state index >= 15 is 0 Å². The minimum absolute atomic E-state index is 0.357. The molecule has 10 heteroatoms. The van der Waals surface area contributed by atoms with E-state index in [4.69, 9.17) is 21.1 Å². The first-order chi connectivity index (χ1) is 16.3. The normalized spacial score (nSPS) is 14.6. The number of benzene rings is 2. The highest BCUT2D eigenvalue weighted by Crippen LogP contribution is 2.38. The predicted molar refractivity (Wildman–Crippen MR) is 138 cm³/mol. The molecular weight excluding hydrogens is 473 g/mol. The molecule has 0 radical (unpaired) electrons. The molecule has 0 aliphatic carbocycles. The van der Waals surface area contributed by atoms with Gasteiger partial charge in [0.05, 0.1) is 37.9 Å². The highest BCUT2D eigenvalue weighted by atomic mass is 35.5. The summed E-state index contributed by atoms with van der Waals surface area (Å²) < 4.78 is 23.7. The van der Waals surface area contributed by atoms with Crippen LogP contribution in [-0.4, -0.2) is 61.6 Å². The number of ether oxygens (including phenoxy) is 2. The number of halogens is 1. The molecule has 0 bridgehead atoms. The number of rotatable bonds is 8. The van der Waals surface area contributed by atoms with Gasteiger partial charge in [0.1, 0.15) is 17.9 Å². The summed E-state index contributed by atoms with van der Waals surface area (Å²) in [4.78, 5) is 11.2. The summed E-state index contributed by atoms with van der Waals surface area (Å²) in [6, 6.07) is 13.5. The van der Waals surface area contributed by atoms with Gasteiger partial charge in [0.25, 0.3) is 0 Å². The summed E-state index contributed by atoms with van der Waals surface area (Å²) in [6.07, 6.45) is 1.53. The van der Waals surface area contributed by atoms with E-state index < -0.39 is 7.14 Å². The van der Waals surface area contributed by atoms with Crippen molar-refractivity contribution in [2.75, 3.05) is 57.4 Å². The smallest absolute Gasteiger partial charge is 0.229 e. The number of anilines is 4. The lowest BCUT2D eigenvalue weighted by Crippen LogP contribution is -2.35. The number of hydrogen-bond acceptors (Lipinski definition) is 8. The van der Waals surface area contributed by atoms with Gasteiger partial charge in [-0.05, 0) is 43.2 Å². The second kappa shape index (κ2) is 10.7. The molecule has 0 atom stereocenters. The molecule has 0 saturated carbocycles. The first-order valence-electron chi connectivity index (χ1n) is 11.0. The minimum atomic E-state index is -2.50. The summed E-state index contributed by atoms with van der Waals surface area (Å²) in [5.41, 5.74) is 2.60. The molecule has 3 aromatic rings. The lowest BCUT2D eigenvalue weighted by molar-refractivity contribution is 0.0342. The van der Waals surface area contributed by atoms with Crippen molar-refractivity contribution in [3.05, 3.63) is 59.2 Å². The SMILES string of the molecule is COc1cc(CN2CCOCC2)ccc1Nc1ncc(Cl)c(Nc2ccccc2P(C)(C)=O)n1. The summed E-state index contributed by atoms with van der Waals surface area (Å²) in [7, 11) is -0.857. The van der Waals surface area contributed by atoms with Gasteiger partial charge in [0, 0.05) is 24.9 Å². The van der Waals surface area contributed by atoms with E-state index in [1.54, 1.807) is 20.4 Å². The number of morpholine rings is 1. The topological polar surface area (TPSA) is 88.6 Å². The Morgan fingerprint density at radius 3 is 2.62 bits per heavy atom. The lowest BCUT2D eigenvalue weighted by atomic mass is 10.1. The van der Waals surface area contributed by atoms with Crippen LogP contribution in [0.4, 0.5) is 23.1 Å². The van der Waals surface area contributed by atoms with Crippen LogP contribution in [0.25, 0.3) is 0 Å². The van der Waals surface area contributed by atoms with Gasteiger partial charge in [-0.25, -0.2) is 4.98 Å². The molecule has 0 amide bonds. The van der Waals surface area contributed by atoms with Crippen LogP contribution >= 0.6 is 18.7 Å². The number of hydrogen-bond donors (Lipinski definition) is 2. The van der Waals surface area contributed by atoms with Crippen molar-refractivity contribution in [1.29, 1.82) is 0 Å². The molecular formula is C24H29ClN5O3P. The van der Waals surface area contributed by atoms with Gasteiger partial charge >= 0.3 is 0 Å². The summed E-state index contributed by atoms with van der Waals surface area (Å²) in [6.45, 7) is 7.67. The van der Waals surface area contributed by atoms with Crippen LogP contribution in [0.15, 0.2) is 48.7 Å². The zero-order chi connectivity index (χ0) is 24.1. The molecule has 34 heavy (non-hydrogen) atoms. The van der Waals surface area contributed by atoms with E-state index in [0.717, 1.165) is 49.4 Å². The first-order valence-corrected chi connectivity index (χ1v) is 14.0. The molecule has 2 aromatic carbocycles. The van der Waals surface area contributed by atoms with E-state index in [0.29, 0.717) is 28.2 Å². The maximum atomic E-state index is 12.7. The standard InChI is InChI=1S/C24H29ClN5O3P/c1-32-21-14-17(16-30-10-12-33-13-11-30)8-9-19(21)28-24-26-15-18(25)23(29-24)27-20-6-4-5-7-22(20)34(2,3)31/h4-9,14-15H,10-13,16H2,1-3H3,(H2,26,27,28,29). The molecule has 2 N–H and O–H groups in total. The Kier molecular flexibility index (Phi) is 7.73. The van der Waals surface area contributed by atoms with E-state index in [1.807, 2.05) is 36.4 Å². The van der Waals surface area contributed by atoms with Crippen molar-refractivity contribution >= 4 is 47.2 Å². The largest absolute Gasteiger partial charge is 0.495 e.